The van der Waals surface area contributed by atoms with Gasteiger partial charge in [0.1, 0.15) is 0 Å². The van der Waals surface area contributed by atoms with Crippen LogP contribution in [0, 0.1) is 11.6 Å². The maximum atomic E-state index is 19.2. The third kappa shape index (κ3) is 9.79. The van der Waals surface area contributed by atoms with Gasteiger partial charge in [-0.2, -0.15) is 0 Å². The van der Waals surface area contributed by atoms with Crippen LogP contribution >= 0.6 is 0 Å². The highest BCUT2D eigenvalue weighted by Crippen LogP contribution is 2.54. The van der Waals surface area contributed by atoms with Gasteiger partial charge in [0.15, 0.2) is 11.6 Å². The van der Waals surface area contributed by atoms with E-state index in [4.69, 9.17) is 0 Å². The van der Waals surface area contributed by atoms with Crippen molar-refractivity contribution in [1.82, 2.24) is 0 Å². The minimum absolute atomic E-state index is 0.254. The van der Waals surface area contributed by atoms with Gasteiger partial charge in [0.2, 0.25) is 0 Å². The number of anilines is 6. The van der Waals surface area contributed by atoms with Crippen LogP contribution in [0.3, 0.4) is 0 Å². The monoisotopic (exact) mass is 1100 g/mol. The Bertz CT molecular complexity index is 4150. The summed E-state index contributed by atoms with van der Waals surface area (Å²) in [5.74, 6) is -0.608. The first-order valence-corrected chi connectivity index (χ1v) is 29.6. The van der Waals surface area contributed by atoms with Crippen molar-refractivity contribution in [3.05, 3.63) is 264 Å². The Balaban J connectivity index is 1.17. The molecule has 0 aliphatic rings. The van der Waals surface area contributed by atoms with Gasteiger partial charge < -0.3 is 9.80 Å². The number of benzene rings is 12. The van der Waals surface area contributed by atoms with Crippen LogP contribution in [-0.4, -0.2) is 0 Å². The molecule has 0 saturated carbocycles. The molecule has 0 fully saturated rings. The zero-order chi connectivity index (χ0) is 59.0. The summed E-state index contributed by atoms with van der Waals surface area (Å²) < 4.78 is 38.4. The van der Waals surface area contributed by atoms with Gasteiger partial charge >= 0.3 is 0 Å². The predicted octanol–water partition coefficient (Wildman–Crippen LogP) is 23.7. The van der Waals surface area contributed by atoms with Gasteiger partial charge in [-0.1, -0.05) is 277 Å². The number of nitrogens with zero attached hydrogens (tertiary/aromatic N) is 2. The average Bonchev–Trinajstić information content (AvgIpc) is 1.42. The van der Waals surface area contributed by atoms with Gasteiger partial charge in [-0.05, 0) is 124 Å². The Morgan fingerprint density at radius 1 is 0.250 bits per heavy atom. The Morgan fingerprint density at radius 2 is 0.512 bits per heavy atom. The molecule has 0 saturated heterocycles. The quantitative estimate of drug-likeness (QED) is 0.126. The van der Waals surface area contributed by atoms with Crippen LogP contribution in [0.4, 0.5) is 42.9 Å². The molecule has 0 radical (unpaired) electrons. The normalized spacial score (nSPS) is 12.4. The standard InChI is InChI=1S/C80H74F2N2/c1-77(2,3)65-35-23-19-31-55(65)59-45-47-61(57-33-21-25-37-67(57)79(7,8)9)75(73(59)81)83(53-27-15-13-16-28-53)69-49-41-51-40-44-64-70(50-42-52-39-43-63(69)71(51)72(52)64)84(54-29-17-14-18-30-54)76-62(58-34-22-26-38-68(58)80(10,11)12)48-46-60(74(76)82)56-32-20-24-36-66(56)78(4,5)6/h13-50H,1-12H3. The van der Waals surface area contributed by atoms with E-state index >= 15 is 8.78 Å². The molecular formula is C80H74F2N2. The summed E-state index contributed by atoms with van der Waals surface area (Å²) >= 11 is 0. The molecule has 12 aromatic carbocycles. The molecule has 0 aliphatic heterocycles. The SMILES string of the molecule is CC(C)(C)c1ccccc1-c1ccc(-c2ccccc2C(C)(C)C)c(N(c2ccccc2)c2ccc3ccc4c(N(c5ccccc5)c5c(-c6ccccc6C(C)(C)C)ccc(-c6ccccc6C(C)(C)C)c5F)ccc5ccc2c3c54)c1F. The molecule has 12 aromatic rings. The van der Waals surface area contributed by atoms with E-state index in [9.17, 15) is 0 Å². The first-order valence-electron chi connectivity index (χ1n) is 29.6. The van der Waals surface area contributed by atoms with Gasteiger partial charge in [0.25, 0.3) is 0 Å². The highest BCUT2D eigenvalue weighted by atomic mass is 19.1. The third-order valence-corrected chi connectivity index (χ3v) is 16.9. The van der Waals surface area contributed by atoms with Crippen molar-refractivity contribution in [2.24, 2.45) is 0 Å². The van der Waals surface area contributed by atoms with Gasteiger partial charge in [0.05, 0.1) is 22.7 Å². The topological polar surface area (TPSA) is 6.48 Å². The van der Waals surface area contributed by atoms with Crippen LogP contribution in [0.5, 0.6) is 0 Å². The molecule has 4 heteroatoms. The van der Waals surface area contributed by atoms with E-state index < -0.39 is 0 Å². The van der Waals surface area contributed by atoms with Crippen LogP contribution in [0.2, 0.25) is 0 Å². The lowest BCUT2D eigenvalue weighted by Gasteiger charge is -2.33. The van der Waals surface area contributed by atoms with Crippen molar-refractivity contribution in [3.63, 3.8) is 0 Å². The molecule has 0 N–H and O–H groups in total. The summed E-state index contributed by atoms with van der Waals surface area (Å²) in [6, 6.07) is 79.7. The highest BCUT2D eigenvalue weighted by molar-refractivity contribution is 6.28. The van der Waals surface area contributed by atoms with Crippen molar-refractivity contribution >= 4 is 66.4 Å². The Kier molecular flexibility index (Phi) is 14.0. The maximum absolute atomic E-state index is 19.2. The van der Waals surface area contributed by atoms with Crippen LogP contribution in [0.1, 0.15) is 105 Å². The van der Waals surface area contributed by atoms with Crippen LogP contribution < -0.4 is 9.80 Å². The summed E-state index contributed by atoms with van der Waals surface area (Å²) in [7, 11) is 0. The molecule has 0 aromatic heterocycles. The zero-order valence-electron chi connectivity index (χ0n) is 50.6. The van der Waals surface area contributed by atoms with Gasteiger partial charge in [-0.15, -0.1) is 0 Å². The first-order chi connectivity index (χ1) is 40.1. The summed E-state index contributed by atoms with van der Waals surface area (Å²) in [6.45, 7) is 26.5. The van der Waals surface area contributed by atoms with Crippen LogP contribution in [0.15, 0.2) is 231 Å². The zero-order valence-corrected chi connectivity index (χ0v) is 50.6. The lowest BCUT2D eigenvalue weighted by Crippen LogP contribution is -2.17. The summed E-state index contributed by atoms with van der Waals surface area (Å²) in [5, 5.41) is 6.08. The second-order valence-corrected chi connectivity index (χ2v) is 26.8. The Hall–Kier alpha value is -8.86. The van der Waals surface area contributed by atoms with E-state index in [1.165, 1.54) is 0 Å². The smallest absolute Gasteiger partial charge is 0.155 e. The maximum Gasteiger partial charge on any atom is 0.155 e. The number of halogens is 2. The van der Waals surface area contributed by atoms with Gasteiger partial charge in [0, 0.05) is 44.4 Å². The summed E-state index contributed by atoms with van der Waals surface area (Å²) in [5.41, 5.74) is 14.0. The van der Waals surface area contributed by atoms with E-state index in [2.05, 4.69) is 251 Å². The van der Waals surface area contributed by atoms with E-state index in [0.29, 0.717) is 22.5 Å². The van der Waals surface area contributed by atoms with Crippen molar-refractivity contribution in [2.75, 3.05) is 9.80 Å². The Labute approximate surface area is 496 Å². The highest BCUT2D eigenvalue weighted by Gasteiger charge is 2.33. The molecule has 0 aliphatic carbocycles. The number of hydrogen-bond acceptors (Lipinski definition) is 2. The molecular weight excluding hydrogens is 1030 g/mol. The number of hydrogen-bond donors (Lipinski definition) is 0. The van der Waals surface area contributed by atoms with Crippen LogP contribution in [-0.2, 0) is 21.7 Å². The van der Waals surface area contributed by atoms with Gasteiger partial charge in [-0.25, -0.2) is 8.78 Å². The van der Waals surface area contributed by atoms with E-state index in [-0.39, 0.29) is 33.3 Å². The molecule has 0 atom stereocenters. The van der Waals surface area contributed by atoms with E-state index in [1.54, 1.807) is 0 Å². The summed E-state index contributed by atoms with van der Waals surface area (Å²) in [6.07, 6.45) is 0. The molecule has 0 unspecified atom stereocenters. The molecule has 84 heavy (non-hydrogen) atoms. The lowest BCUT2D eigenvalue weighted by atomic mass is 9.79. The summed E-state index contributed by atoms with van der Waals surface area (Å²) in [4.78, 5) is 4.32. The second-order valence-electron chi connectivity index (χ2n) is 26.8. The molecule has 12 rings (SSSR count). The average molecular weight is 1100 g/mol. The largest absolute Gasteiger partial charge is 0.307 e. The fourth-order valence-electron chi connectivity index (χ4n) is 13.0. The molecule has 0 heterocycles. The number of rotatable bonds is 10. The number of para-hydroxylation sites is 2. The third-order valence-electron chi connectivity index (χ3n) is 16.9. The predicted molar refractivity (Wildman–Crippen MR) is 356 cm³/mol. The van der Waals surface area contributed by atoms with Gasteiger partial charge in [-0.3, -0.25) is 0 Å². The molecule has 418 valence electrons. The van der Waals surface area contributed by atoms with Crippen molar-refractivity contribution < 1.29 is 8.78 Å². The minimum atomic E-state index is -0.304. The molecule has 0 amide bonds. The Morgan fingerprint density at radius 3 is 0.821 bits per heavy atom. The minimum Gasteiger partial charge on any atom is -0.307 e. The first kappa shape index (κ1) is 55.7. The molecule has 2 nitrogen and oxygen atoms in total. The molecule has 0 spiro atoms. The lowest BCUT2D eigenvalue weighted by molar-refractivity contribution is 0.589. The molecule has 0 bridgehead atoms. The van der Waals surface area contributed by atoms with Crippen molar-refractivity contribution in [2.45, 2.75) is 105 Å². The fraction of sp³-hybridized carbons (Fsp3) is 0.200. The van der Waals surface area contributed by atoms with Crippen LogP contribution in [0.25, 0.3) is 76.8 Å². The van der Waals surface area contributed by atoms with Crippen molar-refractivity contribution in [3.8, 4) is 44.5 Å². The van der Waals surface area contributed by atoms with Crippen molar-refractivity contribution in [1.29, 1.82) is 0 Å². The van der Waals surface area contributed by atoms with E-state index in [1.807, 2.05) is 72.8 Å². The van der Waals surface area contributed by atoms with E-state index in [0.717, 1.165) is 111 Å². The second kappa shape index (κ2) is 21.1. The fourth-order valence-corrected chi connectivity index (χ4v) is 13.0.